The van der Waals surface area contributed by atoms with Gasteiger partial charge in [0, 0.05) is 71.2 Å². The van der Waals surface area contributed by atoms with Gasteiger partial charge in [0.15, 0.2) is 0 Å². The molecule has 0 aromatic heterocycles. The molecule has 12 amide bonds. The lowest BCUT2D eigenvalue weighted by Gasteiger charge is -2.41. The van der Waals surface area contributed by atoms with Crippen LogP contribution in [0.3, 0.4) is 0 Å². The number of aliphatic hydroxyl groups is 1. The van der Waals surface area contributed by atoms with E-state index >= 15 is 0 Å². The number of hydrogen-bond donors (Lipinski definition) is 9. The third-order valence-electron chi connectivity index (χ3n) is 22.6. The van der Waals surface area contributed by atoms with Gasteiger partial charge in [0.1, 0.15) is 30.8 Å². The summed E-state index contributed by atoms with van der Waals surface area (Å²) in [6.07, 6.45) is 21.0. The number of allylic oxidation sites excluding steroid dienone is 7. The third-order valence-corrected chi connectivity index (χ3v) is 24.4. The summed E-state index contributed by atoms with van der Waals surface area (Å²) < 4.78 is 17.6. The molecule has 14 atom stereocenters. The van der Waals surface area contributed by atoms with Gasteiger partial charge in [-0.15, -0.1) is 11.8 Å². The molecule has 0 spiro atoms. The summed E-state index contributed by atoms with van der Waals surface area (Å²) in [6.45, 7) is 25.0. The van der Waals surface area contributed by atoms with Gasteiger partial charge in [-0.25, -0.2) is 9.59 Å². The highest BCUT2D eigenvalue weighted by Gasteiger charge is 2.47. The number of nitrogens with one attached hydrogen (secondary N) is 7. The van der Waals surface area contributed by atoms with Crippen molar-refractivity contribution in [1.29, 1.82) is 5.41 Å². The summed E-state index contributed by atoms with van der Waals surface area (Å²) in [5, 5.41) is 35.3. The zero-order valence-electron chi connectivity index (χ0n) is 71.8. The second-order valence-electron chi connectivity index (χ2n) is 32.5. The van der Waals surface area contributed by atoms with E-state index in [-0.39, 0.29) is 97.9 Å². The van der Waals surface area contributed by atoms with Crippen LogP contribution in [-0.4, -0.2) is 209 Å². The Hall–Kier alpha value is -8.73. The molecule has 27 nitrogen and oxygen atoms in total. The number of likely N-dealkylation sites (tertiary alicyclic amines) is 2. The highest BCUT2D eigenvalue weighted by Crippen LogP contribution is 2.47. The zero-order chi connectivity index (χ0) is 86.1. The smallest absolute Gasteiger partial charge is 0.410 e. The highest BCUT2D eigenvalue weighted by molar-refractivity contribution is 8.02. The van der Waals surface area contributed by atoms with Crippen molar-refractivity contribution in [1.82, 2.24) is 46.2 Å². The fourth-order valence-corrected chi connectivity index (χ4v) is 17.8. The number of nitrogens with zero attached hydrogens (tertiary/aromatic N) is 4. The first kappa shape index (κ1) is 97.8. The molecule has 2 heterocycles. The van der Waals surface area contributed by atoms with Crippen LogP contribution in [0, 0.1) is 35.0 Å². The summed E-state index contributed by atoms with van der Waals surface area (Å²) in [5.41, 5.74) is 9.00. The number of likely N-dealkylation sites (N-methyl/N-ethyl adjacent to an activating group) is 2. The van der Waals surface area contributed by atoms with Crippen LogP contribution >= 0.6 is 11.8 Å². The number of rotatable bonds is 49. The molecule has 2 aliphatic heterocycles. The number of imide groups is 1. The Bertz CT molecular complexity index is 3710. The second kappa shape index (κ2) is 48.8. The lowest BCUT2D eigenvalue weighted by atomic mass is 9.87. The number of methoxy groups -OCH3 is 2. The predicted octanol–water partition coefficient (Wildman–Crippen LogP) is 11.5. The largest absolute Gasteiger partial charge is 0.445 e. The first-order valence-corrected chi connectivity index (χ1v) is 42.7. The number of hydrogen-bond acceptors (Lipinski definition) is 17. The number of anilines is 1. The van der Waals surface area contributed by atoms with Crippen LogP contribution in [0.1, 0.15) is 228 Å². The van der Waals surface area contributed by atoms with Crippen LogP contribution in [0.2, 0.25) is 0 Å². The van der Waals surface area contributed by atoms with Gasteiger partial charge in [0.2, 0.25) is 53.2 Å². The summed E-state index contributed by atoms with van der Waals surface area (Å²) in [4.78, 5) is 158. The van der Waals surface area contributed by atoms with E-state index in [0.29, 0.717) is 68.3 Å². The van der Waals surface area contributed by atoms with Crippen LogP contribution in [0.5, 0.6) is 0 Å². The minimum Gasteiger partial charge on any atom is -0.445 e. The van der Waals surface area contributed by atoms with Gasteiger partial charge in [-0.05, 0) is 141 Å². The van der Waals surface area contributed by atoms with Gasteiger partial charge in [-0.1, -0.05) is 188 Å². The van der Waals surface area contributed by atoms with Crippen molar-refractivity contribution in [3.05, 3.63) is 113 Å². The number of thioether (sulfide) groups is 1. The topological polar surface area (TPSA) is 371 Å². The van der Waals surface area contributed by atoms with E-state index in [0.717, 1.165) is 43.2 Å². The molecular formula is C88H136N12O15S. The Labute approximate surface area is 693 Å². The van der Waals surface area contributed by atoms with Gasteiger partial charge in [-0.2, -0.15) is 0 Å². The number of amides is 12. The third kappa shape index (κ3) is 28.5. The molecule has 644 valence electrons. The van der Waals surface area contributed by atoms with Gasteiger partial charge < -0.3 is 72.2 Å². The SMILES string of the molecule is CCCC(CCC)(SC1CC(=O)N(CCCCCC(=O)N[C@H](C(=O)N[C@@H](CCCNC(N)=O)C(=O)Nc2ccc(COC(=O)N(C)[C@H](C(=O)N[C@H](C(=O)N(C)[C@@H]([C@@H](C)CC)[C@@H](CC(=O)N3CCC[C@H]3[C@H](OC)[C@@H](C)C(=O)N[C@@H](C)[C@H](O)c3cccc(C(C)CCC=N)c3)OC)C(C)C)C(C)C)cc2)C(C)C)C1=O)C1=C/C=C\C=C/C=C1. The van der Waals surface area contributed by atoms with E-state index in [1.165, 1.54) is 37.3 Å². The number of aliphatic hydroxyl groups excluding tert-OH is 1. The molecule has 28 heteroatoms. The minimum absolute atomic E-state index is 0.0729. The minimum atomic E-state index is -1.13. The maximum atomic E-state index is 15.0. The summed E-state index contributed by atoms with van der Waals surface area (Å²) in [6, 6.07) is 7.19. The van der Waals surface area contributed by atoms with Crippen LogP contribution in [0.15, 0.2) is 96.6 Å². The van der Waals surface area contributed by atoms with Crippen molar-refractivity contribution in [2.24, 2.45) is 35.3 Å². The van der Waals surface area contributed by atoms with E-state index in [1.54, 1.807) is 108 Å². The van der Waals surface area contributed by atoms with Gasteiger partial charge in [0.05, 0.1) is 54.0 Å². The molecule has 0 bridgehead atoms. The van der Waals surface area contributed by atoms with Gasteiger partial charge >= 0.3 is 12.1 Å². The Morgan fingerprint density at radius 2 is 1.41 bits per heavy atom. The Balaban J connectivity index is 1.15. The van der Waals surface area contributed by atoms with Crippen molar-refractivity contribution in [3.8, 4) is 0 Å². The molecule has 2 saturated heterocycles. The molecular weight excluding hydrogens is 1500 g/mol. The van der Waals surface area contributed by atoms with Crippen molar-refractivity contribution in [2.75, 3.05) is 53.3 Å². The number of primary amides is 1. The summed E-state index contributed by atoms with van der Waals surface area (Å²) in [5.74, 6) is -5.61. The number of unbranched alkanes of at least 4 members (excludes halogenated alkanes) is 2. The lowest BCUT2D eigenvalue weighted by Crippen LogP contribution is -2.60. The van der Waals surface area contributed by atoms with Gasteiger partial charge in [0.25, 0.3) is 0 Å². The van der Waals surface area contributed by atoms with E-state index in [9.17, 15) is 57.8 Å². The Morgan fingerprint density at radius 3 is 2.03 bits per heavy atom. The maximum absolute atomic E-state index is 15.0. The number of carbonyl (C=O) groups is 11. The molecule has 116 heavy (non-hydrogen) atoms. The standard InChI is InChI=1S/C88H136N12O15S/c1-18-45-88(46-19-2,65-36-25-22-21-23-26-37-65)116-70-53-73(103)100(84(70)109)49-28-24-27-40-71(101)95-74(55(4)5)82(107)94-67(38-31-48-91-86(90)111)81(106)93-66-43-41-62(42-44-66)54-115-87(112)98(15)76(57(8)9)83(108)96-75(56(6)7)85(110)97(14)77(58(10)20-3)69(113-16)52-72(102)99-50-32-39-68(99)79(114-17)60(12)80(105)92-61(13)78(104)64-35-29-34-63(51-64)59(11)33-30-47-89/h21-23,25-26,29,34-37,41-44,47,51,55-61,67-70,74-79,89,104H,18-20,24,27-28,30-33,38-40,45-46,48-50,52-54H2,1-17H3,(H,92,105)(H,93,106)(H,94,107)(H,95,101)(H,96,108)(H3,90,91,111)/b22-21-,23-21?,25-22?,26-23-,36-25?,37-26?,65-36?,65-37?,89-47?/t58-,59?,60+,61-,67-,68-,69+,70?,74-,75-,76-,77-,78-,79+/m0/s1. The van der Waals surface area contributed by atoms with Crippen LogP contribution in [0.25, 0.3) is 0 Å². The average Bonchev–Trinajstić information content (AvgIpc) is 1.54. The van der Waals surface area contributed by atoms with Crippen LogP contribution < -0.4 is 37.6 Å². The monoisotopic (exact) mass is 1630 g/mol. The number of urea groups is 1. The van der Waals surface area contributed by atoms with Crippen LogP contribution in [0.4, 0.5) is 15.3 Å². The first-order chi connectivity index (χ1) is 55.1. The Morgan fingerprint density at radius 1 is 0.741 bits per heavy atom. The van der Waals surface area contributed by atoms with Crippen molar-refractivity contribution in [3.63, 3.8) is 0 Å². The highest BCUT2D eigenvalue weighted by atomic mass is 32.2. The fraction of sp³-hybridized carbons (Fsp3) is 0.636. The molecule has 5 rings (SSSR count). The van der Waals surface area contributed by atoms with Crippen molar-refractivity contribution in [2.45, 2.75) is 282 Å². The van der Waals surface area contributed by atoms with E-state index in [4.69, 9.17) is 25.4 Å². The predicted molar refractivity (Wildman–Crippen MR) is 455 cm³/mol. The molecule has 3 aliphatic rings. The number of nitrogens with two attached hydrogens (primary N) is 1. The Kier molecular flexibility index (Phi) is 41.2. The fourth-order valence-electron chi connectivity index (χ4n) is 15.8. The van der Waals surface area contributed by atoms with E-state index in [1.807, 2.05) is 68.5 Å². The normalized spacial score (nSPS) is 18.6. The molecule has 0 saturated carbocycles. The molecule has 0 radical (unpaired) electrons. The summed E-state index contributed by atoms with van der Waals surface area (Å²) >= 11 is 1.61. The van der Waals surface area contributed by atoms with Crippen molar-refractivity contribution >= 4 is 89.0 Å². The lowest BCUT2D eigenvalue weighted by molar-refractivity contribution is -0.148. The number of benzene rings is 2. The molecule has 2 unspecified atom stereocenters. The zero-order valence-corrected chi connectivity index (χ0v) is 72.7. The molecule has 2 aromatic rings. The van der Waals surface area contributed by atoms with Gasteiger partial charge in [-0.3, -0.25) is 53.0 Å². The molecule has 2 fully saturated rings. The van der Waals surface area contributed by atoms with E-state index < -0.39 is 125 Å². The molecule has 2 aromatic carbocycles. The second-order valence-corrected chi connectivity index (χ2v) is 34.1. The quantitative estimate of drug-likeness (QED) is 0.0169. The maximum Gasteiger partial charge on any atom is 0.410 e. The van der Waals surface area contributed by atoms with Crippen LogP contribution in [-0.2, 0) is 64.0 Å². The summed E-state index contributed by atoms with van der Waals surface area (Å²) in [7, 11) is 6.09. The van der Waals surface area contributed by atoms with E-state index in [2.05, 4.69) is 64.8 Å². The average molecular weight is 1630 g/mol. The number of ether oxygens (including phenoxy) is 3. The number of carbonyl (C=O) groups excluding carboxylic acids is 11. The molecule has 1 aliphatic carbocycles. The first-order valence-electron chi connectivity index (χ1n) is 41.8. The van der Waals surface area contributed by atoms with Crippen molar-refractivity contribution < 1.29 is 72.1 Å². The molecule has 10 N–H and O–H groups in total.